The first-order valence-electron chi connectivity index (χ1n) is 13.1. The van der Waals surface area contributed by atoms with Crippen molar-refractivity contribution >= 4 is 33.9 Å². The van der Waals surface area contributed by atoms with E-state index in [1.807, 2.05) is 48.5 Å². The Morgan fingerprint density at radius 1 is 1.00 bits per heavy atom. The molecule has 10 heteroatoms. The average Bonchev–Trinajstić information content (AvgIpc) is 2.99. The van der Waals surface area contributed by atoms with Crippen LogP contribution >= 0.6 is 0 Å². The van der Waals surface area contributed by atoms with Crippen molar-refractivity contribution in [3.8, 4) is 23.0 Å². The lowest BCUT2D eigenvalue weighted by molar-refractivity contribution is 0.0383. The number of para-hydroxylation sites is 2. The number of anilines is 3. The Balaban J connectivity index is 1.33. The first-order chi connectivity index (χ1) is 19.6. The Kier molecular flexibility index (Phi) is 8.48. The third kappa shape index (κ3) is 6.19. The van der Waals surface area contributed by atoms with E-state index in [0.29, 0.717) is 52.0 Å². The molecule has 1 saturated heterocycles. The minimum absolute atomic E-state index is 0.217. The molecule has 1 aliphatic heterocycles. The molecule has 0 radical (unpaired) electrons. The molecule has 4 N–H and O–H groups in total. The quantitative estimate of drug-likeness (QED) is 0.267. The number of carbonyl (C=O) groups is 1. The third-order valence-corrected chi connectivity index (χ3v) is 6.70. The second-order valence-corrected chi connectivity index (χ2v) is 9.27. The van der Waals surface area contributed by atoms with E-state index in [0.717, 1.165) is 43.9 Å². The van der Waals surface area contributed by atoms with Crippen LogP contribution in [-0.2, 0) is 4.74 Å². The highest BCUT2D eigenvalue weighted by Gasteiger charge is 2.18. The summed E-state index contributed by atoms with van der Waals surface area (Å²) in [4.78, 5) is 19.8. The summed E-state index contributed by atoms with van der Waals surface area (Å²) in [5.74, 6) is 2.16. The van der Waals surface area contributed by atoms with Crippen LogP contribution in [0.5, 0.6) is 23.0 Å². The molecule has 5 rings (SSSR count). The Labute approximate surface area is 233 Å². The number of nitrogens with one attached hydrogen (secondary N) is 2. The van der Waals surface area contributed by atoms with Crippen LogP contribution in [0.4, 0.5) is 17.1 Å². The number of nitrogens with two attached hydrogens (primary N) is 1. The molecule has 40 heavy (non-hydrogen) atoms. The van der Waals surface area contributed by atoms with Gasteiger partial charge in [-0.1, -0.05) is 12.1 Å². The monoisotopic (exact) mass is 543 g/mol. The molecule has 1 aliphatic rings. The van der Waals surface area contributed by atoms with E-state index < -0.39 is 0 Å². The number of morpholine rings is 1. The lowest BCUT2D eigenvalue weighted by atomic mass is 10.1. The van der Waals surface area contributed by atoms with Gasteiger partial charge in [0.15, 0.2) is 11.5 Å². The predicted octanol–water partition coefficient (Wildman–Crippen LogP) is 4.43. The van der Waals surface area contributed by atoms with Crippen molar-refractivity contribution in [3.63, 3.8) is 0 Å². The maximum absolute atomic E-state index is 13.0. The van der Waals surface area contributed by atoms with Gasteiger partial charge in [0.05, 0.1) is 56.1 Å². The normalized spacial score (nSPS) is 13.6. The molecule has 0 unspecified atom stereocenters. The Bertz CT molecular complexity index is 1470. The van der Waals surface area contributed by atoms with Crippen molar-refractivity contribution in [2.24, 2.45) is 0 Å². The second kappa shape index (κ2) is 12.5. The van der Waals surface area contributed by atoms with Crippen molar-refractivity contribution < 1.29 is 23.7 Å². The number of benzene rings is 3. The van der Waals surface area contributed by atoms with Crippen LogP contribution in [0, 0.1) is 0 Å². The van der Waals surface area contributed by atoms with Gasteiger partial charge in [0.2, 0.25) is 0 Å². The second-order valence-electron chi connectivity index (χ2n) is 9.27. The van der Waals surface area contributed by atoms with Crippen molar-refractivity contribution in [2.45, 2.75) is 0 Å². The molecule has 2 heterocycles. The summed E-state index contributed by atoms with van der Waals surface area (Å²) < 4.78 is 22.3. The van der Waals surface area contributed by atoms with Crippen LogP contribution < -0.4 is 30.6 Å². The molecule has 0 spiro atoms. The highest BCUT2D eigenvalue weighted by molar-refractivity contribution is 6.05. The van der Waals surface area contributed by atoms with E-state index in [4.69, 9.17) is 24.7 Å². The van der Waals surface area contributed by atoms with E-state index in [2.05, 4.69) is 20.5 Å². The summed E-state index contributed by atoms with van der Waals surface area (Å²) in [6.07, 6.45) is 1.58. The van der Waals surface area contributed by atoms with Gasteiger partial charge in [0, 0.05) is 37.3 Å². The first-order valence-corrected chi connectivity index (χ1v) is 13.1. The highest BCUT2D eigenvalue weighted by atomic mass is 16.5. The largest absolute Gasteiger partial charge is 0.496 e. The molecule has 3 aromatic carbocycles. The van der Waals surface area contributed by atoms with Gasteiger partial charge in [-0.05, 0) is 48.5 Å². The number of amides is 1. The number of methoxy groups -OCH3 is 2. The summed E-state index contributed by atoms with van der Waals surface area (Å²) >= 11 is 0. The summed E-state index contributed by atoms with van der Waals surface area (Å²) in [7, 11) is 3.15. The number of carbonyl (C=O) groups excluding carboxylic acids is 1. The molecule has 0 saturated carbocycles. The van der Waals surface area contributed by atoms with Gasteiger partial charge >= 0.3 is 0 Å². The van der Waals surface area contributed by atoms with E-state index in [1.54, 1.807) is 32.5 Å². The minimum Gasteiger partial charge on any atom is -0.496 e. The van der Waals surface area contributed by atoms with Crippen molar-refractivity contribution in [1.29, 1.82) is 0 Å². The Morgan fingerprint density at radius 3 is 2.45 bits per heavy atom. The highest BCUT2D eigenvalue weighted by Crippen LogP contribution is 2.36. The third-order valence-electron chi connectivity index (χ3n) is 6.70. The number of pyridine rings is 1. The predicted molar refractivity (Wildman–Crippen MR) is 155 cm³/mol. The number of nitrogens with zero attached hydrogens (tertiary/aromatic N) is 2. The van der Waals surface area contributed by atoms with Crippen molar-refractivity contribution in [1.82, 2.24) is 15.2 Å². The first kappa shape index (κ1) is 27.0. The maximum atomic E-state index is 13.0. The number of nitrogen functional groups attached to an aromatic ring is 1. The lowest BCUT2D eigenvalue weighted by Gasteiger charge is -2.26. The minimum atomic E-state index is -0.217. The average molecular weight is 544 g/mol. The standard InChI is InChI=1S/C30H33N5O5/c1-37-26-5-3-4-6-27(26)40-21-9-7-20(8-10-21)34-29-22-18-28(38-2)23(17-25(22)33-19-24(29)31)30(36)32-11-12-35-13-15-39-16-14-35/h3-10,17-19H,11-16,31H2,1-2H3,(H,32,36)(H,33,34). The molecule has 1 aromatic heterocycles. The number of hydrogen-bond acceptors (Lipinski definition) is 9. The Morgan fingerprint density at radius 2 is 1.73 bits per heavy atom. The fraction of sp³-hybridized carbons (Fsp3) is 0.267. The zero-order valence-corrected chi connectivity index (χ0v) is 22.6. The van der Waals surface area contributed by atoms with E-state index in [1.165, 1.54) is 0 Å². The van der Waals surface area contributed by atoms with E-state index in [-0.39, 0.29) is 5.91 Å². The number of ether oxygens (including phenoxy) is 4. The topological polar surface area (TPSA) is 120 Å². The maximum Gasteiger partial charge on any atom is 0.255 e. The van der Waals surface area contributed by atoms with Gasteiger partial charge in [0.25, 0.3) is 5.91 Å². The van der Waals surface area contributed by atoms with Crippen LogP contribution in [0.3, 0.4) is 0 Å². The molecule has 0 aliphatic carbocycles. The zero-order chi connectivity index (χ0) is 27.9. The SMILES string of the molecule is COc1ccccc1Oc1ccc(Nc2c(N)cnc3cc(C(=O)NCCN4CCOCC4)c(OC)cc23)cc1. The fourth-order valence-electron chi connectivity index (χ4n) is 4.55. The van der Waals surface area contributed by atoms with Gasteiger partial charge < -0.3 is 35.3 Å². The van der Waals surface area contributed by atoms with Crippen molar-refractivity contribution in [3.05, 3.63) is 72.4 Å². The number of fused-ring (bicyclic) bond motifs is 1. The number of aromatic nitrogens is 1. The van der Waals surface area contributed by atoms with Gasteiger partial charge in [0.1, 0.15) is 11.5 Å². The van der Waals surface area contributed by atoms with Crippen LogP contribution in [0.25, 0.3) is 10.9 Å². The van der Waals surface area contributed by atoms with E-state index in [9.17, 15) is 4.79 Å². The smallest absolute Gasteiger partial charge is 0.255 e. The Hall–Kier alpha value is -4.54. The number of rotatable bonds is 10. The van der Waals surface area contributed by atoms with Gasteiger partial charge in [-0.25, -0.2) is 0 Å². The molecule has 0 bridgehead atoms. The van der Waals surface area contributed by atoms with Crippen LogP contribution in [-0.4, -0.2) is 69.4 Å². The molecular weight excluding hydrogens is 510 g/mol. The summed E-state index contributed by atoms with van der Waals surface area (Å²) in [5, 5.41) is 7.11. The van der Waals surface area contributed by atoms with Gasteiger partial charge in [-0.2, -0.15) is 0 Å². The molecule has 208 valence electrons. The van der Waals surface area contributed by atoms with Crippen molar-refractivity contribution in [2.75, 3.05) is 64.7 Å². The lowest BCUT2D eigenvalue weighted by Crippen LogP contribution is -2.41. The summed E-state index contributed by atoms with van der Waals surface area (Å²) in [6, 6.07) is 18.5. The molecule has 0 atom stereocenters. The van der Waals surface area contributed by atoms with E-state index >= 15 is 0 Å². The number of hydrogen-bond donors (Lipinski definition) is 3. The molecule has 4 aromatic rings. The van der Waals surface area contributed by atoms with Gasteiger partial charge in [-0.15, -0.1) is 0 Å². The summed E-state index contributed by atoms with van der Waals surface area (Å²) in [5.41, 5.74) is 9.29. The van der Waals surface area contributed by atoms with Gasteiger partial charge in [-0.3, -0.25) is 14.7 Å². The van der Waals surface area contributed by atoms with Crippen LogP contribution in [0.15, 0.2) is 66.9 Å². The van der Waals surface area contributed by atoms with Crippen LogP contribution in [0.2, 0.25) is 0 Å². The molecule has 1 fully saturated rings. The molecular formula is C30H33N5O5. The molecule has 1 amide bonds. The zero-order valence-electron chi connectivity index (χ0n) is 22.6. The van der Waals surface area contributed by atoms with Crippen LogP contribution in [0.1, 0.15) is 10.4 Å². The molecule has 10 nitrogen and oxygen atoms in total. The summed E-state index contributed by atoms with van der Waals surface area (Å²) in [6.45, 7) is 4.47. The fourth-order valence-corrected chi connectivity index (χ4v) is 4.55.